The number of nitrogens with zero attached hydrogens (tertiary/aromatic N) is 4. The third kappa shape index (κ3) is 2.14. The zero-order valence-corrected chi connectivity index (χ0v) is 10.3. The molecule has 0 saturated carbocycles. The molecule has 0 aromatic carbocycles. The van der Waals surface area contributed by atoms with Crippen molar-refractivity contribution in [2.75, 3.05) is 0 Å². The van der Waals surface area contributed by atoms with E-state index in [0.29, 0.717) is 5.69 Å². The van der Waals surface area contributed by atoms with E-state index in [-0.39, 0.29) is 5.69 Å². The Morgan fingerprint density at radius 3 is 2.55 bits per heavy atom. The first-order valence-electron chi connectivity index (χ1n) is 5.90. The van der Waals surface area contributed by atoms with E-state index in [1.807, 2.05) is 6.07 Å². The van der Waals surface area contributed by atoms with Crippen molar-refractivity contribution < 1.29 is 9.90 Å². The third-order valence-corrected chi connectivity index (χ3v) is 2.79. The lowest BCUT2D eigenvalue weighted by Crippen LogP contribution is -2.02. The van der Waals surface area contributed by atoms with E-state index in [1.54, 1.807) is 47.7 Å². The van der Waals surface area contributed by atoms with Gasteiger partial charge in [-0.25, -0.2) is 9.48 Å². The Bertz CT molecular complexity index is 681. The van der Waals surface area contributed by atoms with Crippen LogP contribution in [0.5, 0.6) is 0 Å². The zero-order valence-electron chi connectivity index (χ0n) is 10.3. The Kier molecular flexibility index (Phi) is 2.96. The average molecular weight is 266 g/mol. The predicted molar refractivity (Wildman–Crippen MR) is 71.5 cm³/mol. The van der Waals surface area contributed by atoms with E-state index in [1.165, 1.54) is 6.07 Å². The van der Waals surface area contributed by atoms with Crippen LogP contribution in [-0.4, -0.2) is 30.8 Å². The maximum atomic E-state index is 11.1. The molecule has 3 heterocycles. The molecule has 0 aliphatic rings. The van der Waals surface area contributed by atoms with Gasteiger partial charge in [0.2, 0.25) is 0 Å². The van der Waals surface area contributed by atoms with Crippen LogP contribution >= 0.6 is 0 Å². The summed E-state index contributed by atoms with van der Waals surface area (Å²) in [5, 5.41) is 13.2. The van der Waals surface area contributed by atoms with Crippen molar-refractivity contribution in [1.29, 1.82) is 0 Å². The first-order valence-corrected chi connectivity index (χ1v) is 5.90. The number of carboxylic acids is 1. The van der Waals surface area contributed by atoms with Crippen molar-refractivity contribution in [2.45, 2.75) is 0 Å². The molecule has 3 aromatic rings. The Labute approximate surface area is 114 Å². The third-order valence-electron chi connectivity index (χ3n) is 2.79. The Morgan fingerprint density at radius 1 is 1.10 bits per heavy atom. The largest absolute Gasteiger partial charge is 0.476 e. The van der Waals surface area contributed by atoms with E-state index in [4.69, 9.17) is 5.11 Å². The van der Waals surface area contributed by atoms with Crippen LogP contribution < -0.4 is 0 Å². The second kappa shape index (κ2) is 4.93. The number of aromatic nitrogens is 4. The van der Waals surface area contributed by atoms with E-state index < -0.39 is 5.97 Å². The van der Waals surface area contributed by atoms with Crippen molar-refractivity contribution in [3.8, 4) is 16.9 Å². The van der Waals surface area contributed by atoms with Crippen LogP contribution in [-0.2, 0) is 0 Å². The first-order chi connectivity index (χ1) is 9.75. The molecule has 0 atom stereocenters. The second-order valence-electron chi connectivity index (χ2n) is 4.08. The fraction of sp³-hybridized carbons (Fsp3) is 0. The predicted octanol–water partition coefficient (Wildman–Crippen LogP) is 2.03. The minimum Gasteiger partial charge on any atom is -0.476 e. The Hall–Kier alpha value is -3.02. The summed E-state index contributed by atoms with van der Waals surface area (Å²) in [6.07, 6.45) is 6.59. The summed E-state index contributed by atoms with van der Waals surface area (Å²) in [4.78, 5) is 19.1. The standard InChI is InChI=1S/C14H10N4O2/c19-14(20)12-8-13(10-2-1-5-16-9-10)18(17-12)11-3-6-15-7-4-11/h1-9H,(H,19,20). The second-order valence-corrected chi connectivity index (χ2v) is 4.08. The average Bonchev–Trinajstić information content (AvgIpc) is 2.94. The maximum Gasteiger partial charge on any atom is 0.356 e. The van der Waals surface area contributed by atoms with Gasteiger partial charge >= 0.3 is 5.97 Å². The van der Waals surface area contributed by atoms with Gasteiger partial charge in [0.15, 0.2) is 5.69 Å². The zero-order chi connectivity index (χ0) is 13.9. The fourth-order valence-electron chi connectivity index (χ4n) is 1.89. The molecular weight excluding hydrogens is 256 g/mol. The topological polar surface area (TPSA) is 80.9 Å². The van der Waals surface area contributed by atoms with Gasteiger partial charge in [-0.15, -0.1) is 0 Å². The normalized spacial score (nSPS) is 10.4. The molecule has 1 N–H and O–H groups in total. The molecule has 0 aliphatic heterocycles. The smallest absolute Gasteiger partial charge is 0.356 e. The van der Waals surface area contributed by atoms with Crippen LogP contribution in [0.2, 0.25) is 0 Å². The van der Waals surface area contributed by atoms with Crippen LogP contribution in [0.3, 0.4) is 0 Å². The van der Waals surface area contributed by atoms with E-state index in [2.05, 4.69) is 15.1 Å². The van der Waals surface area contributed by atoms with Gasteiger partial charge in [0, 0.05) is 30.4 Å². The molecule has 0 saturated heterocycles. The van der Waals surface area contributed by atoms with Crippen LogP contribution in [0.1, 0.15) is 10.5 Å². The number of hydrogen-bond donors (Lipinski definition) is 1. The lowest BCUT2D eigenvalue weighted by molar-refractivity contribution is 0.0690. The minimum absolute atomic E-state index is 0.0133. The van der Waals surface area contributed by atoms with Gasteiger partial charge in [-0.3, -0.25) is 9.97 Å². The monoisotopic (exact) mass is 266 g/mol. The highest BCUT2D eigenvalue weighted by molar-refractivity contribution is 5.87. The molecule has 98 valence electrons. The summed E-state index contributed by atoms with van der Waals surface area (Å²) in [5.74, 6) is -1.07. The van der Waals surface area contributed by atoms with Gasteiger partial charge < -0.3 is 5.11 Å². The molecular formula is C14H10N4O2. The van der Waals surface area contributed by atoms with Gasteiger partial charge in [-0.1, -0.05) is 0 Å². The highest BCUT2D eigenvalue weighted by Gasteiger charge is 2.15. The first kappa shape index (κ1) is 12.0. The number of rotatable bonds is 3. The van der Waals surface area contributed by atoms with Gasteiger partial charge in [0.05, 0.1) is 11.4 Å². The highest BCUT2D eigenvalue weighted by Crippen LogP contribution is 2.23. The Morgan fingerprint density at radius 2 is 1.90 bits per heavy atom. The van der Waals surface area contributed by atoms with E-state index in [9.17, 15) is 4.79 Å². The number of aromatic carboxylic acids is 1. The molecule has 0 fully saturated rings. The minimum atomic E-state index is -1.07. The lowest BCUT2D eigenvalue weighted by Gasteiger charge is -2.06. The molecule has 0 unspecified atom stereocenters. The van der Waals surface area contributed by atoms with Crippen molar-refractivity contribution in [2.24, 2.45) is 0 Å². The molecule has 0 radical (unpaired) electrons. The SMILES string of the molecule is O=C(O)c1cc(-c2cccnc2)n(-c2ccncc2)n1. The number of carbonyl (C=O) groups is 1. The Balaban J connectivity index is 2.20. The van der Waals surface area contributed by atoms with Crippen molar-refractivity contribution in [1.82, 2.24) is 19.7 Å². The molecule has 20 heavy (non-hydrogen) atoms. The fourth-order valence-corrected chi connectivity index (χ4v) is 1.89. The molecule has 3 aromatic heterocycles. The lowest BCUT2D eigenvalue weighted by atomic mass is 10.2. The summed E-state index contributed by atoms with van der Waals surface area (Å²) in [6.45, 7) is 0. The summed E-state index contributed by atoms with van der Waals surface area (Å²) in [7, 11) is 0. The summed E-state index contributed by atoms with van der Waals surface area (Å²) >= 11 is 0. The summed E-state index contributed by atoms with van der Waals surface area (Å²) in [5.41, 5.74) is 2.19. The molecule has 0 aliphatic carbocycles. The summed E-state index contributed by atoms with van der Waals surface area (Å²) < 4.78 is 1.57. The van der Waals surface area contributed by atoms with E-state index >= 15 is 0 Å². The summed E-state index contributed by atoms with van der Waals surface area (Å²) in [6, 6.07) is 8.70. The van der Waals surface area contributed by atoms with E-state index in [0.717, 1.165) is 11.3 Å². The van der Waals surface area contributed by atoms with Crippen molar-refractivity contribution in [3.63, 3.8) is 0 Å². The van der Waals surface area contributed by atoms with Gasteiger partial charge in [0.1, 0.15) is 0 Å². The van der Waals surface area contributed by atoms with Gasteiger partial charge in [0.25, 0.3) is 0 Å². The molecule has 6 nitrogen and oxygen atoms in total. The number of pyridine rings is 2. The molecule has 0 amide bonds. The highest BCUT2D eigenvalue weighted by atomic mass is 16.4. The van der Waals surface area contributed by atoms with Crippen molar-refractivity contribution in [3.05, 3.63) is 60.8 Å². The van der Waals surface area contributed by atoms with Crippen LogP contribution in [0.25, 0.3) is 16.9 Å². The van der Waals surface area contributed by atoms with Crippen LogP contribution in [0.15, 0.2) is 55.1 Å². The van der Waals surface area contributed by atoms with Gasteiger partial charge in [-0.2, -0.15) is 5.10 Å². The molecule has 6 heteroatoms. The van der Waals surface area contributed by atoms with Crippen LogP contribution in [0, 0.1) is 0 Å². The number of carboxylic acid groups (broad SMARTS) is 1. The quantitative estimate of drug-likeness (QED) is 0.784. The van der Waals surface area contributed by atoms with Crippen molar-refractivity contribution >= 4 is 5.97 Å². The molecule has 0 spiro atoms. The maximum absolute atomic E-state index is 11.1. The van der Waals surface area contributed by atoms with Crippen LogP contribution in [0.4, 0.5) is 0 Å². The molecule has 3 rings (SSSR count). The van der Waals surface area contributed by atoms with Gasteiger partial charge in [-0.05, 0) is 30.3 Å². The molecule has 0 bridgehead atoms. The number of hydrogen-bond acceptors (Lipinski definition) is 4.